The molecule has 2 unspecified atom stereocenters. The van der Waals surface area contributed by atoms with Gasteiger partial charge in [0.05, 0.1) is 11.3 Å². The maximum absolute atomic E-state index is 13.6. The van der Waals surface area contributed by atoms with E-state index in [1.54, 1.807) is 0 Å². The summed E-state index contributed by atoms with van der Waals surface area (Å²) < 4.78 is 32.7. The summed E-state index contributed by atoms with van der Waals surface area (Å²) in [5.74, 6) is 1.32. The van der Waals surface area contributed by atoms with Gasteiger partial charge in [-0.05, 0) is 43.2 Å². The lowest BCUT2D eigenvalue weighted by Crippen LogP contribution is -2.44. The van der Waals surface area contributed by atoms with Crippen LogP contribution in [0.2, 0.25) is 0 Å². The van der Waals surface area contributed by atoms with Gasteiger partial charge in [-0.2, -0.15) is 11.8 Å². The monoisotopic (exact) mass is 285 g/mol. The smallest absolute Gasteiger partial charge is 0.146 e. The van der Waals surface area contributed by atoms with Crippen molar-refractivity contribution in [1.82, 2.24) is 0 Å². The van der Waals surface area contributed by atoms with E-state index in [-0.39, 0.29) is 17.3 Å². The molecule has 0 aromatic heterocycles. The molecule has 5 heteroatoms. The van der Waals surface area contributed by atoms with Crippen LogP contribution in [0.25, 0.3) is 0 Å². The van der Waals surface area contributed by atoms with Gasteiger partial charge < -0.3 is 10.1 Å². The summed E-state index contributed by atoms with van der Waals surface area (Å²) >= 11 is 1.91. The Bertz CT molecular complexity index is 463. The zero-order valence-corrected chi connectivity index (χ0v) is 11.4. The minimum Gasteiger partial charge on any atom is -0.380 e. The Morgan fingerprint density at radius 1 is 1.37 bits per heavy atom. The lowest BCUT2D eigenvalue weighted by atomic mass is 9.90. The summed E-state index contributed by atoms with van der Waals surface area (Å²) in [7, 11) is 0. The summed E-state index contributed by atoms with van der Waals surface area (Å²) in [6.45, 7) is 0.690. The average Bonchev–Trinajstić information content (AvgIpc) is 2.82. The van der Waals surface area contributed by atoms with Gasteiger partial charge in [0.2, 0.25) is 0 Å². The first kappa shape index (κ1) is 13.2. The molecule has 1 aromatic rings. The Morgan fingerprint density at radius 3 is 3.05 bits per heavy atom. The van der Waals surface area contributed by atoms with Crippen molar-refractivity contribution in [2.24, 2.45) is 0 Å². The molecule has 0 saturated carbocycles. The topological polar surface area (TPSA) is 21.3 Å². The quantitative estimate of drug-likeness (QED) is 0.899. The van der Waals surface area contributed by atoms with Gasteiger partial charge in [0.15, 0.2) is 0 Å². The van der Waals surface area contributed by atoms with E-state index in [0.29, 0.717) is 6.61 Å². The van der Waals surface area contributed by atoms with Gasteiger partial charge in [0.25, 0.3) is 0 Å². The van der Waals surface area contributed by atoms with E-state index in [1.165, 1.54) is 6.07 Å². The molecule has 3 rings (SSSR count). The zero-order chi connectivity index (χ0) is 13.3. The molecule has 0 amide bonds. The number of anilines is 1. The number of ether oxygens (including phenoxy) is 1. The molecule has 1 aromatic carbocycles. The van der Waals surface area contributed by atoms with Gasteiger partial charge in [-0.15, -0.1) is 0 Å². The Kier molecular flexibility index (Phi) is 3.67. The SMILES string of the molecule is Fc1ccc(F)c(NC2CCOC3(CCSC3)C2)c1. The van der Waals surface area contributed by atoms with Crippen LogP contribution in [0.1, 0.15) is 19.3 Å². The Balaban J connectivity index is 1.70. The second-order valence-electron chi connectivity index (χ2n) is 5.29. The van der Waals surface area contributed by atoms with E-state index >= 15 is 0 Å². The van der Waals surface area contributed by atoms with Crippen LogP contribution < -0.4 is 5.32 Å². The number of rotatable bonds is 2. The lowest BCUT2D eigenvalue weighted by Gasteiger charge is -2.38. The number of benzene rings is 1. The lowest BCUT2D eigenvalue weighted by molar-refractivity contribution is -0.0628. The van der Waals surface area contributed by atoms with Crippen molar-refractivity contribution in [1.29, 1.82) is 0 Å². The van der Waals surface area contributed by atoms with Gasteiger partial charge in [-0.1, -0.05) is 0 Å². The van der Waals surface area contributed by atoms with Crippen molar-refractivity contribution in [3.63, 3.8) is 0 Å². The van der Waals surface area contributed by atoms with Crippen LogP contribution in [0.5, 0.6) is 0 Å². The highest BCUT2D eigenvalue weighted by Gasteiger charge is 2.40. The van der Waals surface area contributed by atoms with Gasteiger partial charge in [-0.25, -0.2) is 8.78 Å². The Labute approximate surface area is 115 Å². The van der Waals surface area contributed by atoms with Crippen LogP contribution in [-0.2, 0) is 4.74 Å². The summed E-state index contributed by atoms with van der Waals surface area (Å²) in [5.41, 5.74) is 0.206. The van der Waals surface area contributed by atoms with Crippen molar-refractivity contribution in [3.8, 4) is 0 Å². The van der Waals surface area contributed by atoms with Crippen molar-refractivity contribution < 1.29 is 13.5 Å². The van der Waals surface area contributed by atoms with E-state index in [0.717, 1.165) is 42.9 Å². The molecule has 2 aliphatic rings. The predicted molar refractivity (Wildman–Crippen MR) is 73.6 cm³/mol. The molecular formula is C14H17F2NOS. The van der Waals surface area contributed by atoms with Crippen molar-refractivity contribution in [3.05, 3.63) is 29.8 Å². The van der Waals surface area contributed by atoms with Gasteiger partial charge in [-0.3, -0.25) is 0 Å². The number of hydrogen-bond acceptors (Lipinski definition) is 3. The van der Waals surface area contributed by atoms with Crippen molar-refractivity contribution >= 4 is 17.4 Å². The first-order chi connectivity index (χ1) is 9.17. The molecule has 1 N–H and O–H groups in total. The average molecular weight is 285 g/mol. The van der Waals surface area contributed by atoms with Crippen LogP contribution in [-0.4, -0.2) is 29.8 Å². The van der Waals surface area contributed by atoms with E-state index in [4.69, 9.17) is 4.74 Å². The van der Waals surface area contributed by atoms with E-state index in [1.807, 2.05) is 11.8 Å². The molecule has 2 atom stereocenters. The second kappa shape index (κ2) is 5.29. The highest BCUT2D eigenvalue weighted by molar-refractivity contribution is 7.99. The third kappa shape index (κ3) is 2.87. The molecule has 2 aliphatic heterocycles. The first-order valence-corrected chi connectivity index (χ1v) is 7.76. The highest BCUT2D eigenvalue weighted by Crippen LogP contribution is 2.39. The van der Waals surface area contributed by atoms with E-state index in [2.05, 4.69) is 5.32 Å². The fourth-order valence-electron chi connectivity index (χ4n) is 2.84. The number of halogens is 2. The van der Waals surface area contributed by atoms with E-state index < -0.39 is 11.6 Å². The van der Waals surface area contributed by atoms with Crippen LogP contribution in [0.4, 0.5) is 14.5 Å². The molecule has 1 spiro atoms. The third-order valence-electron chi connectivity index (χ3n) is 3.85. The minimum atomic E-state index is -0.415. The predicted octanol–water partition coefficient (Wildman–Crippen LogP) is 3.43. The highest BCUT2D eigenvalue weighted by atomic mass is 32.2. The largest absolute Gasteiger partial charge is 0.380 e. The maximum atomic E-state index is 13.6. The number of nitrogens with one attached hydrogen (secondary N) is 1. The summed E-state index contributed by atoms with van der Waals surface area (Å²) in [4.78, 5) is 0. The van der Waals surface area contributed by atoms with Gasteiger partial charge in [0, 0.05) is 18.4 Å². The van der Waals surface area contributed by atoms with Crippen molar-refractivity contribution in [2.45, 2.75) is 30.9 Å². The van der Waals surface area contributed by atoms with E-state index in [9.17, 15) is 8.78 Å². The van der Waals surface area contributed by atoms with Crippen molar-refractivity contribution in [2.75, 3.05) is 23.4 Å². The standard InChI is InChI=1S/C14H17F2NOS/c15-10-1-2-12(16)13(7-10)17-11-3-5-18-14(8-11)4-6-19-9-14/h1-2,7,11,17H,3-6,8-9H2. The Hall–Kier alpha value is -0.810. The molecule has 2 nitrogen and oxygen atoms in total. The van der Waals surface area contributed by atoms with Crippen LogP contribution >= 0.6 is 11.8 Å². The maximum Gasteiger partial charge on any atom is 0.146 e. The molecule has 0 radical (unpaired) electrons. The molecule has 2 fully saturated rings. The zero-order valence-electron chi connectivity index (χ0n) is 10.6. The van der Waals surface area contributed by atoms with Gasteiger partial charge >= 0.3 is 0 Å². The summed E-state index contributed by atoms with van der Waals surface area (Å²) in [5, 5.41) is 3.14. The summed E-state index contributed by atoms with van der Waals surface area (Å²) in [6.07, 6.45) is 2.76. The second-order valence-corrected chi connectivity index (χ2v) is 6.40. The number of thioether (sulfide) groups is 1. The Morgan fingerprint density at radius 2 is 2.26 bits per heavy atom. The minimum absolute atomic E-state index is 0.0512. The van der Waals surface area contributed by atoms with Crippen LogP contribution in [0.15, 0.2) is 18.2 Å². The number of hydrogen-bond donors (Lipinski definition) is 1. The first-order valence-electron chi connectivity index (χ1n) is 6.60. The molecule has 0 aliphatic carbocycles. The molecule has 2 heterocycles. The fourth-order valence-corrected chi connectivity index (χ4v) is 4.22. The summed E-state index contributed by atoms with van der Waals surface area (Å²) in [6, 6.07) is 3.68. The van der Waals surface area contributed by atoms with Crippen LogP contribution in [0, 0.1) is 11.6 Å². The fraction of sp³-hybridized carbons (Fsp3) is 0.571. The molecule has 104 valence electrons. The van der Waals surface area contributed by atoms with Crippen LogP contribution in [0.3, 0.4) is 0 Å². The molecular weight excluding hydrogens is 268 g/mol. The van der Waals surface area contributed by atoms with Gasteiger partial charge in [0.1, 0.15) is 11.6 Å². The molecule has 19 heavy (non-hydrogen) atoms. The molecule has 2 saturated heterocycles. The normalized spacial score (nSPS) is 30.7. The third-order valence-corrected chi connectivity index (χ3v) is 5.07. The molecule has 0 bridgehead atoms.